The quantitative estimate of drug-likeness (QED) is 0.605. The van der Waals surface area contributed by atoms with Crippen LogP contribution in [0.15, 0.2) is 30.7 Å². The Morgan fingerprint density at radius 2 is 1.47 bits per heavy atom. The number of anilines is 5. The molecule has 2 N–H and O–H groups in total. The van der Waals surface area contributed by atoms with Crippen LogP contribution in [-0.2, 0) is 15.9 Å². The van der Waals surface area contributed by atoms with Crippen molar-refractivity contribution in [1.29, 1.82) is 0 Å². The molecule has 6 heterocycles. The molecule has 3 aromatic rings. The summed E-state index contributed by atoms with van der Waals surface area (Å²) in [7, 11) is 0. The van der Waals surface area contributed by atoms with E-state index in [1.807, 2.05) is 6.20 Å². The first-order valence-corrected chi connectivity index (χ1v) is 11.6. The van der Waals surface area contributed by atoms with Gasteiger partial charge in [0.25, 0.3) is 0 Å². The summed E-state index contributed by atoms with van der Waals surface area (Å²) in [6.07, 6.45) is 6.22. The Hall–Kier alpha value is -3.57. The summed E-state index contributed by atoms with van der Waals surface area (Å²) >= 11 is 0. The second-order valence-electron chi connectivity index (χ2n) is 8.48. The molecule has 0 saturated carbocycles. The maximum atomic E-state index is 5.73. The monoisotopic (exact) mass is 461 g/mol. The van der Waals surface area contributed by atoms with Gasteiger partial charge in [0.1, 0.15) is 11.6 Å². The lowest BCUT2D eigenvalue weighted by Gasteiger charge is -2.29. The maximum Gasteiger partial charge on any atom is 0.228 e. The van der Waals surface area contributed by atoms with Crippen molar-refractivity contribution in [2.75, 3.05) is 79.6 Å². The van der Waals surface area contributed by atoms with E-state index < -0.39 is 0 Å². The fraction of sp³-hybridized carbons (Fsp3) is 0.435. The number of rotatable bonds is 4. The fourth-order valence-corrected chi connectivity index (χ4v) is 4.62. The van der Waals surface area contributed by atoms with Gasteiger partial charge in [0.15, 0.2) is 0 Å². The predicted molar refractivity (Wildman–Crippen MR) is 128 cm³/mol. The maximum absolute atomic E-state index is 5.73. The molecule has 0 aliphatic carbocycles. The molecule has 0 unspecified atom stereocenters. The highest BCUT2D eigenvalue weighted by atomic mass is 16.5. The minimum atomic E-state index is 0.246. The summed E-state index contributed by atoms with van der Waals surface area (Å²) in [5.41, 5.74) is 9.52. The smallest absolute Gasteiger partial charge is 0.228 e. The highest BCUT2D eigenvalue weighted by Crippen LogP contribution is 2.39. The van der Waals surface area contributed by atoms with E-state index in [9.17, 15) is 0 Å². The lowest BCUT2D eigenvalue weighted by Crippen LogP contribution is -2.37. The summed E-state index contributed by atoms with van der Waals surface area (Å²) in [5.74, 6) is 2.82. The van der Waals surface area contributed by atoms with Crippen molar-refractivity contribution >= 4 is 29.2 Å². The third kappa shape index (κ3) is 3.97. The summed E-state index contributed by atoms with van der Waals surface area (Å²) in [6.45, 7) is 6.85. The fourth-order valence-electron chi connectivity index (χ4n) is 4.62. The zero-order valence-electron chi connectivity index (χ0n) is 18.9. The van der Waals surface area contributed by atoms with Crippen LogP contribution in [0.3, 0.4) is 0 Å². The topological polar surface area (TPSA) is 119 Å². The largest absolute Gasteiger partial charge is 0.378 e. The third-order valence-electron chi connectivity index (χ3n) is 6.43. The van der Waals surface area contributed by atoms with Crippen LogP contribution in [0.5, 0.6) is 0 Å². The molecule has 0 spiro atoms. The molecule has 0 radical (unpaired) electrons. The van der Waals surface area contributed by atoms with E-state index in [4.69, 9.17) is 30.2 Å². The van der Waals surface area contributed by atoms with Crippen LogP contribution in [-0.4, -0.2) is 84.1 Å². The average molecular weight is 462 g/mol. The molecule has 11 nitrogen and oxygen atoms in total. The molecule has 3 aliphatic rings. The minimum absolute atomic E-state index is 0.246. The zero-order chi connectivity index (χ0) is 22.9. The summed E-state index contributed by atoms with van der Waals surface area (Å²) < 4.78 is 11.0. The van der Waals surface area contributed by atoms with E-state index >= 15 is 0 Å². The number of pyridine rings is 1. The Bertz CT molecular complexity index is 1140. The second-order valence-corrected chi connectivity index (χ2v) is 8.48. The van der Waals surface area contributed by atoms with Gasteiger partial charge in [-0.2, -0.15) is 4.98 Å². The Kier molecular flexibility index (Phi) is 5.55. The molecule has 3 aromatic heterocycles. The Balaban J connectivity index is 1.37. The van der Waals surface area contributed by atoms with E-state index in [0.717, 1.165) is 86.5 Å². The average Bonchev–Trinajstić information content (AvgIpc) is 3.34. The van der Waals surface area contributed by atoms with Gasteiger partial charge in [0.2, 0.25) is 11.9 Å². The molecule has 0 amide bonds. The highest BCUT2D eigenvalue weighted by molar-refractivity contribution is 5.76. The van der Waals surface area contributed by atoms with Gasteiger partial charge in [0, 0.05) is 56.2 Å². The van der Waals surface area contributed by atoms with Gasteiger partial charge >= 0.3 is 0 Å². The first-order valence-electron chi connectivity index (χ1n) is 11.6. The number of hydrogen-bond donors (Lipinski definition) is 1. The molecule has 0 aromatic carbocycles. The number of nitrogens with zero attached hydrogens (tertiary/aromatic N) is 8. The molecule has 2 saturated heterocycles. The molecule has 0 bridgehead atoms. The number of ether oxygens (including phenoxy) is 2. The van der Waals surface area contributed by atoms with E-state index in [1.165, 1.54) is 0 Å². The normalized spacial score (nSPS) is 18.3. The third-order valence-corrected chi connectivity index (χ3v) is 6.43. The molecule has 0 atom stereocenters. The molecule has 3 aliphatic heterocycles. The Labute approximate surface area is 197 Å². The van der Waals surface area contributed by atoms with Gasteiger partial charge < -0.3 is 29.9 Å². The number of fused-ring (bicyclic) bond motifs is 1. The first kappa shape index (κ1) is 21.0. The van der Waals surface area contributed by atoms with E-state index in [0.29, 0.717) is 19.2 Å². The van der Waals surface area contributed by atoms with E-state index in [-0.39, 0.29) is 5.95 Å². The van der Waals surface area contributed by atoms with Gasteiger partial charge in [-0.1, -0.05) is 0 Å². The summed E-state index contributed by atoms with van der Waals surface area (Å²) in [4.78, 5) is 29.7. The number of aromatic nitrogens is 5. The second kappa shape index (κ2) is 8.99. The Morgan fingerprint density at radius 3 is 2.15 bits per heavy atom. The molecular formula is C23H27N9O2. The number of nitrogens with two attached hydrogens (primary N) is 1. The number of morpholine rings is 2. The predicted octanol–water partition coefficient (Wildman–Crippen LogP) is 1.28. The van der Waals surface area contributed by atoms with Crippen LogP contribution in [0.25, 0.3) is 11.3 Å². The van der Waals surface area contributed by atoms with Crippen molar-refractivity contribution in [3.8, 4) is 11.3 Å². The van der Waals surface area contributed by atoms with Gasteiger partial charge in [-0.05, 0) is 18.6 Å². The van der Waals surface area contributed by atoms with Crippen LogP contribution in [0, 0.1) is 0 Å². The summed E-state index contributed by atoms with van der Waals surface area (Å²) in [5, 5.41) is 0. The van der Waals surface area contributed by atoms with E-state index in [1.54, 1.807) is 12.4 Å². The van der Waals surface area contributed by atoms with Crippen molar-refractivity contribution in [1.82, 2.24) is 24.9 Å². The Morgan fingerprint density at radius 1 is 0.765 bits per heavy atom. The molecular weight excluding hydrogens is 434 g/mol. The molecule has 176 valence electrons. The van der Waals surface area contributed by atoms with Crippen molar-refractivity contribution in [2.45, 2.75) is 6.42 Å². The molecule has 2 fully saturated rings. The minimum Gasteiger partial charge on any atom is -0.378 e. The standard InChI is InChI=1S/C23H27N9O2/c24-22-26-13-16(14-27-22)20-18-3-4-32(21(18)29-23(28-20)31-7-11-34-12-8-31)17-1-2-19(25-15-17)30-5-9-33-10-6-30/h1-2,13-15H,3-12H2,(H2,24,26,27). The highest BCUT2D eigenvalue weighted by Gasteiger charge is 2.29. The molecule has 6 rings (SSSR count). The first-order chi connectivity index (χ1) is 16.8. The van der Waals surface area contributed by atoms with Crippen LogP contribution >= 0.6 is 0 Å². The van der Waals surface area contributed by atoms with E-state index in [2.05, 4.69) is 36.8 Å². The zero-order valence-corrected chi connectivity index (χ0v) is 18.9. The number of nitrogen functional groups attached to an aromatic ring is 1. The van der Waals surface area contributed by atoms with Crippen molar-refractivity contribution in [3.05, 3.63) is 36.3 Å². The van der Waals surface area contributed by atoms with Gasteiger partial charge in [-0.3, -0.25) is 0 Å². The van der Waals surface area contributed by atoms with Crippen LogP contribution in [0.4, 0.5) is 29.2 Å². The number of hydrogen-bond acceptors (Lipinski definition) is 11. The van der Waals surface area contributed by atoms with Crippen LogP contribution in [0.2, 0.25) is 0 Å². The summed E-state index contributed by atoms with van der Waals surface area (Å²) in [6, 6.07) is 4.20. The van der Waals surface area contributed by atoms with Crippen molar-refractivity contribution < 1.29 is 9.47 Å². The van der Waals surface area contributed by atoms with Crippen LogP contribution in [0.1, 0.15) is 5.56 Å². The molecule has 34 heavy (non-hydrogen) atoms. The SMILES string of the molecule is Nc1ncc(-c2nc(N3CCOCC3)nc3c2CCN3c2ccc(N3CCOCC3)nc2)cn1. The lowest BCUT2D eigenvalue weighted by atomic mass is 10.1. The van der Waals surface area contributed by atoms with Crippen LogP contribution < -0.4 is 20.4 Å². The molecule has 11 heteroatoms. The van der Waals surface area contributed by atoms with Gasteiger partial charge in [0.05, 0.1) is 44.0 Å². The van der Waals surface area contributed by atoms with Crippen molar-refractivity contribution in [2.24, 2.45) is 0 Å². The van der Waals surface area contributed by atoms with Gasteiger partial charge in [-0.15, -0.1) is 0 Å². The van der Waals surface area contributed by atoms with Crippen molar-refractivity contribution in [3.63, 3.8) is 0 Å². The lowest BCUT2D eigenvalue weighted by molar-refractivity contribution is 0.122. The van der Waals surface area contributed by atoms with Gasteiger partial charge in [-0.25, -0.2) is 19.9 Å².